The smallest absolute Gasteiger partial charge is 0.188 e. The molecular formula is C11H22IN5. The lowest BCUT2D eigenvalue weighted by Crippen LogP contribution is -2.34. The number of hydrogen-bond donors (Lipinski definition) is 2. The third kappa shape index (κ3) is 6.50. The van der Waals surface area contributed by atoms with Crippen LogP contribution >= 0.6 is 24.0 Å². The van der Waals surface area contributed by atoms with Gasteiger partial charge in [-0.05, 0) is 5.92 Å². The number of aryl methyl sites for hydroxylation is 1. The van der Waals surface area contributed by atoms with Gasteiger partial charge in [-0.15, -0.1) is 24.0 Å². The van der Waals surface area contributed by atoms with Crippen LogP contribution in [0, 0.1) is 5.92 Å². The summed E-state index contributed by atoms with van der Waals surface area (Å²) in [4.78, 5) is 8.45. The molecule has 1 aromatic heterocycles. The fraction of sp³-hybridized carbons (Fsp3) is 0.636. The van der Waals surface area contributed by atoms with Crippen LogP contribution in [0.15, 0.2) is 17.4 Å². The van der Waals surface area contributed by atoms with Crippen molar-refractivity contribution in [3.05, 3.63) is 18.2 Å². The standard InChI is InChI=1S/C11H21N5.HI/c1-9(2)8-15-11(12)14-5-4-10-13-6-7-16(10)3;/h6-7,9H,4-5,8H2,1-3H3,(H3,12,14,15);1H. The van der Waals surface area contributed by atoms with E-state index in [1.54, 1.807) is 6.20 Å². The predicted octanol–water partition coefficient (Wildman–Crippen LogP) is 1.14. The molecular weight excluding hydrogens is 329 g/mol. The van der Waals surface area contributed by atoms with Gasteiger partial charge in [-0.25, -0.2) is 4.98 Å². The first kappa shape index (κ1) is 16.2. The lowest BCUT2D eigenvalue weighted by atomic mass is 10.2. The zero-order valence-corrected chi connectivity index (χ0v) is 13.0. The van der Waals surface area contributed by atoms with Gasteiger partial charge in [0.05, 0.1) is 0 Å². The van der Waals surface area contributed by atoms with Gasteiger partial charge in [-0.1, -0.05) is 13.8 Å². The lowest BCUT2D eigenvalue weighted by Gasteiger charge is -2.06. The number of nitrogens with zero attached hydrogens (tertiary/aromatic N) is 3. The Morgan fingerprint density at radius 1 is 1.59 bits per heavy atom. The van der Waals surface area contributed by atoms with Crippen molar-refractivity contribution in [1.29, 1.82) is 0 Å². The fourth-order valence-corrected chi connectivity index (χ4v) is 1.28. The molecule has 5 nitrogen and oxygen atoms in total. The maximum atomic E-state index is 5.71. The third-order valence-corrected chi connectivity index (χ3v) is 2.20. The molecule has 0 saturated carbocycles. The number of rotatable bonds is 5. The molecule has 1 heterocycles. The van der Waals surface area contributed by atoms with Gasteiger partial charge in [0, 0.05) is 39.0 Å². The van der Waals surface area contributed by atoms with Crippen molar-refractivity contribution in [3.8, 4) is 0 Å². The molecule has 0 bridgehead atoms. The molecule has 17 heavy (non-hydrogen) atoms. The highest BCUT2D eigenvalue weighted by Gasteiger charge is 1.99. The van der Waals surface area contributed by atoms with E-state index >= 15 is 0 Å². The number of nitrogens with one attached hydrogen (secondary N) is 1. The minimum atomic E-state index is 0. The first-order valence-corrected chi connectivity index (χ1v) is 5.59. The van der Waals surface area contributed by atoms with Crippen LogP contribution in [0.5, 0.6) is 0 Å². The molecule has 0 atom stereocenters. The van der Waals surface area contributed by atoms with E-state index in [-0.39, 0.29) is 24.0 Å². The number of hydrogen-bond acceptors (Lipinski definition) is 2. The van der Waals surface area contributed by atoms with E-state index in [1.807, 2.05) is 17.8 Å². The van der Waals surface area contributed by atoms with Crippen molar-refractivity contribution in [2.75, 3.05) is 13.1 Å². The second-order valence-corrected chi connectivity index (χ2v) is 4.25. The molecule has 3 N–H and O–H groups in total. The minimum Gasteiger partial charge on any atom is -0.370 e. The molecule has 0 saturated heterocycles. The van der Waals surface area contributed by atoms with Gasteiger partial charge in [0.1, 0.15) is 5.82 Å². The van der Waals surface area contributed by atoms with E-state index in [2.05, 4.69) is 29.1 Å². The summed E-state index contributed by atoms with van der Waals surface area (Å²) in [5.74, 6) is 2.10. The summed E-state index contributed by atoms with van der Waals surface area (Å²) in [5.41, 5.74) is 5.71. The third-order valence-electron chi connectivity index (χ3n) is 2.20. The van der Waals surface area contributed by atoms with Crippen LogP contribution in [0.25, 0.3) is 0 Å². The van der Waals surface area contributed by atoms with E-state index in [1.165, 1.54) is 0 Å². The van der Waals surface area contributed by atoms with Crippen molar-refractivity contribution < 1.29 is 0 Å². The molecule has 0 fully saturated rings. The minimum absolute atomic E-state index is 0. The van der Waals surface area contributed by atoms with Crippen molar-refractivity contribution in [2.24, 2.45) is 23.7 Å². The summed E-state index contributed by atoms with van der Waals surface area (Å²) in [6.07, 6.45) is 4.58. The summed E-state index contributed by atoms with van der Waals surface area (Å²) in [6, 6.07) is 0. The topological polar surface area (TPSA) is 68.2 Å². The van der Waals surface area contributed by atoms with Crippen LogP contribution in [0.3, 0.4) is 0 Å². The van der Waals surface area contributed by atoms with Crippen LogP contribution in [0.4, 0.5) is 0 Å². The van der Waals surface area contributed by atoms with Crippen LogP contribution in [0.1, 0.15) is 19.7 Å². The average molecular weight is 351 g/mol. The van der Waals surface area contributed by atoms with Gasteiger partial charge in [-0.3, -0.25) is 4.99 Å². The molecule has 0 aliphatic carbocycles. The van der Waals surface area contributed by atoms with Gasteiger partial charge in [-0.2, -0.15) is 0 Å². The first-order chi connectivity index (χ1) is 7.59. The molecule has 98 valence electrons. The Kier molecular flexibility index (Phi) is 7.94. The quantitative estimate of drug-likeness (QED) is 0.475. The van der Waals surface area contributed by atoms with Crippen molar-refractivity contribution in [3.63, 3.8) is 0 Å². The molecule has 0 aromatic carbocycles. The zero-order chi connectivity index (χ0) is 12.0. The predicted molar refractivity (Wildman–Crippen MR) is 81.7 cm³/mol. The van der Waals surface area contributed by atoms with Crippen LogP contribution < -0.4 is 11.1 Å². The molecule has 6 heteroatoms. The van der Waals surface area contributed by atoms with E-state index in [0.29, 0.717) is 11.9 Å². The Morgan fingerprint density at radius 2 is 2.29 bits per heavy atom. The Balaban J connectivity index is 0.00000256. The summed E-state index contributed by atoms with van der Waals surface area (Å²) >= 11 is 0. The number of nitrogens with two attached hydrogens (primary N) is 1. The summed E-state index contributed by atoms with van der Waals surface area (Å²) in [6.45, 7) is 5.76. The van der Waals surface area contributed by atoms with E-state index in [4.69, 9.17) is 5.73 Å². The van der Waals surface area contributed by atoms with Crippen molar-refractivity contribution >= 4 is 29.9 Å². The highest BCUT2D eigenvalue weighted by atomic mass is 127. The molecule has 0 spiro atoms. The van der Waals surface area contributed by atoms with Crippen molar-refractivity contribution in [2.45, 2.75) is 20.3 Å². The van der Waals surface area contributed by atoms with Crippen LogP contribution in [-0.4, -0.2) is 28.6 Å². The Labute approximate surface area is 120 Å². The van der Waals surface area contributed by atoms with E-state index < -0.39 is 0 Å². The van der Waals surface area contributed by atoms with Gasteiger partial charge < -0.3 is 15.6 Å². The van der Waals surface area contributed by atoms with Crippen LogP contribution in [-0.2, 0) is 13.5 Å². The average Bonchev–Trinajstić information content (AvgIpc) is 2.61. The molecule has 0 aliphatic heterocycles. The maximum Gasteiger partial charge on any atom is 0.188 e. The summed E-state index contributed by atoms with van der Waals surface area (Å²) < 4.78 is 2.00. The second kappa shape index (κ2) is 8.32. The summed E-state index contributed by atoms with van der Waals surface area (Å²) in [7, 11) is 1.98. The number of guanidine groups is 1. The van der Waals surface area contributed by atoms with E-state index in [9.17, 15) is 0 Å². The number of imidazole rings is 1. The Bertz CT molecular complexity index is 345. The molecule has 0 radical (unpaired) electrons. The number of aliphatic imine (C=N–C) groups is 1. The molecule has 0 unspecified atom stereocenters. The molecule has 1 rings (SSSR count). The molecule has 0 aliphatic rings. The monoisotopic (exact) mass is 351 g/mol. The first-order valence-electron chi connectivity index (χ1n) is 5.59. The Morgan fingerprint density at radius 3 is 2.82 bits per heavy atom. The lowest BCUT2D eigenvalue weighted by molar-refractivity contribution is 0.660. The zero-order valence-electron chi connectivity index (χ0n) is 10.7. The molecule has 0 amide bonds. The largest absolute Gasteiger partial charge is 0.370 e. The van der Waals surface area contributed by atoms with Gasteiger partial charge >= 0.3 is 0 Å². The second-order valence-electron chi connectivity index (χ2n) is 4.25. The fourth-order valence-electron chi connectivity index (χ4n) is 1.28. The highest BCUT2D eigenvalue weighted by molar-refractivity contribution is 14.0. The van der Waals surface area contributed by atoms with Crippen LogP contribution in [0.2, 0.25) is 0 Å². The number of aromatic nitrogens is 2. The Hall–Kier alpha value is -0.790. The summed E-state index contributed by atoms with van der Waals surface area (Å²) in [5, 5.41) is 3.08. The van der Waals surface area contributed by atoms with Gasteiger partial charge in [0.25, 0.3) is 0 Å². The van der Waals surface area contributed by atoms with Crippen molar-refractivity contribution in [1.82, 2.24) is 14.9 Å². The SMILES string of the molecule is CC(C)CN=C(N)NCCc1nccn1C.I. The number of halogens is 1. The normalized spacial score (nSPS) is 11.4. The van der Waals surface area contributed by atoms with E-state index in [0.717, 1.165) is 25.3 Å². The maximum absolute atomic E-state index is 5.71. The molecule has 1 aromatic rings. The van der Waals surface area contributed by atoms with Gasteiger partial charge in [0.2, 0.25) is 0 Å². The highest BCUT2D eigenvalue weighted by Crippen LogP contribution is 1.94. The van der Waals surface area contributed by atoms with Gasteiger partial charge in [0.15, 0.2) is 5.96 Å².